The van der Waals surface area contributed by atoms with E-state index in [0.717, 1.165) is 16.8 Å². The molecule has 0 aliphatic carbocycles. The van der Waals surface area contributed by atoms with Crippen molar-refractivity contribution in [2.24, 2.45) is 0 Å². The first kappa shape index (κ1) is 22.1. The van der Waals surface area contributed by atoms with Crippen LogP contribution in [0, 0.1) is 6.92 Å². The SMILES string of the molecule is COc1cc(C=CC23NC(=O)CN2c2ccccc2C3(C)C)ccc1OCc1ccc(C)cc1. The van der Waals surface area contributed by atoms with Crippen molar-refractivity contribution in [1.82, 2.24) is 5.32 Å². The van der Waals surface area contributed by atoms with Crippen LogP contribution in [0.25, 0.3) is 6.08 Å². The van der Waals surface area contributed by atoms with Crippen LogP contribution in [0.3, 0.4) is 0 Å². The van der Waals surface area contributed by atoms with E-state index < -0.39 is 5.66 Å². The number of methoxy groups -OCH3 is 1. The molecule has 0 aromatic heterocycles. The number of fused-ring (bicyclic) bond motifs is 3. The van der Waals surface area contributed by atoms with Gasteiger partial charge in [-0.1, -0.05) is 74.0 Å². The Kier molecular flexibility index (Phi) is 5.35. The molecular formula is C29H30N2O3. The fourth-order valence-corrected chi connectivity index (χ4v) is 5.11. The number of rotatable bonds is 6. The third kappa shape index (κ3) is 3.52. The van der Waals surface area contributed by atoms with Gasteiger partial charge >= 0.3 is 0 Å². The zero-order valence-electron chi connectivity index (χ0n) is 20.1. The van der Waals surface area contributed by atoms with Gasteiger partial charge in [-0.05, 0) is 47.9 Å². The molecule has 3 aromatic carbocycles. The van der Waals surface area contributed by atoms with E-state index in [1.54, 1.807) is 7.11 Å². The monoisotopic (exact) mass is 454 g/mol. The summed E-state index contributed by atoms with van der Waals surface area (Å²) in [6.07, 6.45) is 4.16. The molecule has 0 bridgehead atoms. The Labute approximate surface area is 201 Å². The van der Waals surface area contributed by atoms with Gasteiger partial charge in [0.05, 0.1) is 13.7 Å². The van der Waals surface area contributed by atoms with E-state index in [9.17, 15) is 4.79 Å². The molecule has 0 spiro atoms. The Bertz CT molecular complexity index is 1260. The number of benzene rings is 3. The number of anilines is 1. The number of nitrogens with zero attached hydrogens (tertiary/aromatic N) is 1. The van der Waals surface area contributed by atoms with Gasteiger partial charge in [-0.25, -0.2) is 0 Å². The molecule has 1 N–H and O–H groups in total. The first-order valence-corrected chi connectivity index (χ1v) is 11.6. The van der Waals surface area contributed by atoms with Gasteiger partial charge in [0, 0.05) is 11.1 Å². The van der Waals surface area contributed by atoms with Gasteiger partial charge in [-0.2, -0.15) is 0 Å². The maximum absolute atomic E-state index is 12.5. The number of hydrogen-bond acceptors (Lipinski definition) is 4. The standard InChI is InChI=1S/C29H30N2O3/c1-20-9-11-22(12-10-20)19-34-25-14-13-21(17-26(25)33-4)15-16-29-28(2,3)23-7-5-6-8-24(23)31(29)18-27(32)30-29/h5-17H,18-19H2,1-4H3,(H,30,32). The number of carbonyl (C=O) groups is 1. The minimum absolute atomic E-state index is 0.0321. The Balaban J connectivity index is 1.41. The van der Waals surface area contributed by atoms with Crippen molar-refractivity contribution in [3.8, 4) is 11.5 Å². The minimum Gasteiger partial charge on any atom is -0.493 e. The largest absolute Gasteiger partial charge is 0.493 e. The van der Waals surface area contributed by atoms with Crippen LogP contribution in [0.4, 0.5) is 5.69 Å². The maximum Gasteiger partial charge on any atom is 0.241 e. The van der Waals surface area contributed by atoms with Crippen LogP contribution in [-0.4, -0.2) is 25.2 Å². The molecule has 5 nitrogen and oxygen atoms in total. The van der Waals surface area contributed by atoms with Crippen LogP contribution < -0.4 is 19.7 Å². The fourth-order valence-electron chi connectivity index (χ4n) is 5.11. The highest BCUT2D eigenvalue weighted by atomic mass is 16.5. The van der Waals surface area contributed by atoms with Crippen molar-refractivity contribution in [2.75, 3.05) is 18.6 Å². The lowest BCUT2D eigenvalue weighted by molar-refractivity contribution is -0.118. The van der Waals surface area contributed by atoms with Crippen molar-refractivity contribution < 1.29 is 14.3 Å². The molecule has 0 radical (unpaired) electrons. The number of amides is 1. The summed E-state index contributed by atoms with van der Waals surface area (Å²) in [7, 11) is 1.65. The summed E-state index contributed by atoms with van der Waals surface area (Å²) in [4.78, 5) is 14.7. The zero-order valence-corrected chi connectivity index (χ0v) is 20.1. The van der Waals surface area contributed by atoms with E-state index in [1.807, 2.05) is 24.3 Å². The summed E-state index contributed by atoms with van der Waals surface area (Å²) in [5, 5.41) is 3.26. The molecule has 1 atom stereocenters. The van der Waals surface area contributed by atoms with Crippen LogP contribution in [0.1, 0.15) is 36.1 Å². The minimum atomic E-state index is -0.623. The van der Waals surface area contributed by atoms with Gasteiger partial charge in [0.1, 0.15) is 12.3 Å². The molecule has 3 aromatic rings. The third-order valence-electron chi connectivity index (χ3n) is 7.10. The van der Waals surface area contributed by atoms with E-state index in [0.29, 0.717) is 24.7 Å². The quantitative estimate of drug-likeness (QED) is 0.555. The van der Waals surface area contributed by atoms with Crippen molar-refractivity contribution in [1.29, 1.82) is 0 Å². The van der Waals surface area contributed by atoms with E-state index in [2.05, 4.69) is 85.6 Å². The fraction of sp³-hybridized carbons (Fsp3) is 0.276. The van der Waals surface area contributed by atoms with Crippen molar-refractivity contribution in [2.45, 2.75) is 38.5 Å². The lowest BCUT2D eigenvalue weighted by Gasteiger charge is -2.40. The predicted molar refractivity (Wildman–Crippen MR) is 135 cm³/mol. The lowest BCUT2D eigenvalue weighted by atomic mass is 9.75. The number of nitrogens with one attached hydrogen (secondary N) is 1. The topological polar surface area (TPSA) is 50.8 Å². The normalized spacial score (nSPS) is 20.2. The van der Waals surface area contributed by atoms with Gasteiger partial charge < -0.3 is 19.7 Å². The average molecular weight is 455 g/mol. The summed E-state index contributed by atoms with van der Waals surface area (Å²) < 4.78 is 11.6. The lowest BCUT2D eigenvalue weighted by Crippen LogP contribution is -2.58. The number of hydrogen-bond donors (Lipinski definition) is 1. The highest BCUT2D eigenvalue weighted by Crippen LogP contribution is 2.52. The van der Waals surface area contributed by atoms with Gasteiger partial charge in [-0.3, -0.25) is 4.79 Å². The van der Waals surface area contributed by atoms with E-state index in [1.165, 1.54) is 11.1 Å². The first-order chi connectivity index (χ1) is 16.3. The molecule has 1 fully saturated rings. The zero-order chi connectivity index (χ0) is 23.9. The smallest absolute Gasteiger partial charge is 0.241 e. The second-order valence-electron chi connectivity index (χ2n) is 9.56. The molecule has 2 heterocycles. The van der Waals surface area contributed by atoms with Gasteiger partial charge in [-0.15, -0.1) is 0 Å². The van der Waals surface area contributed by atoms with Gasteiger partial charge in [0.2, 0.25) is 5.91 Å². The average Bonchev–Trinajstić information content (AvgIpc) is 3.27. The molecule has 34 heavy (non-hydrogen) atoms. The van der Waals surface area contributed by atoms with Crippen LogP contribution in [0.2, 0.25) is 0 Å². The summed E-state index contributed by atoms with van der Waals surface area (Å²) in [5.74, 6) is 1.40. The predicted octanol–water partition coefficient (Wildman–Crippen LogP) is 5.22. The molecule has 1 saturated heterocycles. The summed E-state index contributed by atoms with van der Waals surface area (Å²) in [6.45, 7) is 7.26. The van der Waals surface area contributed by atoms with Crippen LogP contribution in [0.15, 0.2) is 72.8 Å². The highest BCUT2D eigenvalue weighted by molar-refractivity contribution is 5.91. The molecule has 1 amide bonds. The number of carbonyl (C=O) groups excluding carboxylic acids is 1. The Hall–Kier alpha value is -3.73. The van der Waals surface area contributed by atoms with Crippen LogP contribution in [-0.2, 0) is 16.8 Å². The number of aryl methyl sites for hydroxylation is 1. The Morgan fingerprint density at radius 3 is 2.56 bits per heavy atom. The van der Waals surface area contributed by atoms with Gasteiger partial charge in [0.25, 0.3) is 0 Å². The van der Waals surface area contributed by atoms with Crippen molar-refractivity contribution >= 4 is 17.7 Å². The molecular weight excluding hydrogens is 424 g/mol. The number of ether oxygens (including phenoxy) is 2. The molecule has 2 aliphatic heterocycles. The Morgan fingerprint density at radius 1 is 1.03 bits per heavy atom. The molecule has 5 rings (SSSR count). The van der Waals surface area contributed by atoms with E-state index in [4.69, 9.17) is 9.47 Å². The molecule has 174 valence electrons. The van der Waals surface area contributed by atoms with Crippen molar-refractivity contribution in [3.05, 3.63) is 95.1 Å². The van der Waals surface area contributed by atoms with E-state index in [-0.39, 0.29) is 11.3 Å². The summed E-state index contributed by atoms with van der Waals surface area (Å²) >= 11 is 0. The number of para-hydroxylation sites is 1. The third-order valence-corrected chi connectivity index (χ3v) is 7.10. The maximum atomic E-state index is 12.5. The van der Waals surface area contributed by atoms with Crippen LogP contribution >= 0.6 is 0 Å². The van der Waals surface area contributed by atoms with E-state index >= 15 is 0 Å². The summed E-state index contributed by atoms with van der Waals surface area (Å²) in [5.41, 5.74) is 4.72. The van der Waals surface area contributed by atoms with Crippen LogP contribution in [0.5, 0.6) is 11.5 Å². The van der Waals surface area contributed by atoms with Crippen molar-refractivity contribution in [3.63, 3.8) is 0 Å². The second-order valence-corrected chi connectivity index (χ2v) is 9.56. The molecule has 5 heteroatoms. The molecule has 2 aliphatic rings. The summed E-state index contributed by atoms with van der Waals surface area (Å²) in [6, 6.07) is 22.5. The second kappa shape index (κ2) is 8.24. The first-order valence-electron chi connectivity index (χ1n) is 11.6. The van der Waals surface area contributed by atoms with Gasteiger partial charge in [0.15, 0.2) is 11.5 Å². The molecule has 1 unspecified atom stereocenters. The highest BCUT2D eigenvalue weighted by Gasteiger charge is 2.59. The Morgan fingerprint density at radius 2 is 1.79 bits per heavy atom. The molecule has 0 saturated carbocycles.